The minimum Gasteiger partial charge on any atom is -0.354 e. The van der Waals surface area contributed by atoms with Crippen LogP contribution in [0.15, 0.2) is 53.6 Å². The van der Waals surface area contributed by atoms with Crippen LogP contribution in [0.25, 0.3) is 0 Å². The fourth-order valence-corrected chi connectivity index (χ4v) is 1.64. The van der Waals surface area contributed by atoms with E-state index in [1.165, 1.54) is 24.3 Å². The van der Waals surface area contributed by atoms with Gasteiger partial charge in [0.15, 0.2) is 5.43 Å². The number of aromatic nitrogens is 1. The van der Waals surface area contributed by atoms with Gasteiger partial charge in [-0.05, 0) is 12.0 Å². The van der Waals surface area contributed by atoms with E-state index in [2.05, 4.69) is 0 Å². The van der Waals surface area contributed by atoms with Gasteiger partial charge in [-0.3, -0.25) is 14.9 Å². The van der Waals surface area contributed by atoms with Gasteiger partial charge in [-0.2, -0.15) is 0 Å². The Kier molecular flexibility index (Phi) is 3.52. The number of hydrogen-bond donors (Lipinski definition) is 0. The quantitative estimate of drug-likeness (QED) is 0.610. The van der Waals surface area contributed by atoms with E-state index in [-0.39, 0.29) is 11.1 Å². The van der Waals surface area contributed by atoms with Crippen molar-refractivity contribution in [3.8, 4) is 0 Å². The van der Waals surface area contributed by atoms with Crippen molar-refractivity contribution in [2.24, 2.45) is 0 Å². The summed E-state index contributed by atoms with van der Waals surface area (Å²) in [7, 11) is 0. The largest absolute Gasteiger partial charge is 0.354 e. The van der Waals surface area contributed by atoms with Gasteiger partial charge in [-0.1, -0.05) is 12.1 Å². The average molecular weight is 244 g/mol. The lowest BCUT2D eigenvalue weighted by atomic mass is 10.1. The normalized spacial score (nSPS) is 10.2. The van der Waals surface area contributed by atoms with Gasteiger partial charge in [0.05, 0.1) is 4.92 Å². The lowest BCUT2D eigenvalue weighted by Crippen LogP contribution is -2.05. The lowest BCUT2D eigenvalue weighted by molar-refractivity contribution is -0.384. The van der Waals surface area contributed by atoms with Crippen LogP contribution in [0.3, 0.4) is 0 Å². The molecule has 0 aliphatic rings. The Bertz CT molecular complexity index is 582. The number of nitro benzene ring substituents is 1. The smallest absolute Gasteiger partial charge is 0.269 e. The van der Waals surface area contributed by atoms with Crippen molar-refractivity contribution in [1.82, 2.24) is 4.57 Å². The molecular formula is C13H12N2O3. The second kappa shape index (κ2) is 5.27. The van der Waals surface area contributed by atoms with Crippen LogP contribution in [-0.2, 0) is 13.0 Å². The summed E-state index contributed by atoms with van der Waals surface area (Å²) >= 11 is 0. The minimum absolute atomic E-state index is 0.0124. The van der Waals surface area contributed by atoms with Crippen LogP contribution < -0.4 is 5.43 Å². The highest BCUT2D eigenvalue weighted by molar-refractivity contribution is 5.32. The summed E-state index contributed by atoms with van der Waals surface area (Å²) in [5.74, 6) is 0. The molecule has 18 heavy (non-hydrogen) atoms. The van der Waals surface area contributed by atoms with Crippen molar-refractivity contribution in [2.75, 3.05) is 0 Å². The van der Waals surface area contributed by atoms with Crippen LogP contribution in [0.2, 0.25) is 0 Å². The molecule has 0 saturated carbocycles. The number of rotatable bonds is 4. The number of non-ortho nitro benzene ring substituents is 1. The summed E-state index contributed by atoms with van der Waals surface area (Å²) in [5, 5.41) is 10.5. The molecular weight excluding hydrogens is 232 g/mol. The first-order chi connectivity index (χ1) is 8.65. The SMILES string of the molecule is O=c1ccn(CCc2ccc([N+](=O)[O-])cc2)cc1. The fraction of sp³-hybridized carbons (Fsp3) is 0.154. The molecule has 0 unspecified atom stereocenters. The minimum atomic E-state index is -0.411. The zero-order valence-corrected chi connectivity index (χ0v) is 9.65. The number of aryl methyl sites for hydroxylation is 2. The maximum Gasteiger partial charge on any atom is 0.269 e. The molecule has 2 aromatic rings. The van der Waals surface area contributed by atoms with Crippen LogP contribution in [0.4, 0.5) is 5.69 Å². The Morgan fingerprint density at radius 2 is 1.67 bits per heavy atom. The maximum atomic E-state index is 10.9. The third-order valence-corrected chi connectivity index (χ3v) is 2.67. The first kappa shape index (κ1) is 12.0. The van der Waals surface area contributed by atoms with E-state index >= 15 is 0 Å². The fourth-order valence-electron chi connectivity index (χ4n) is 1.64. The highest BCUT2D eigenvalue weighted by atomic mass is 16.6. The number of nitro groups is 1. The molecule has 5 heteroatoms. The molecule has 1 aromatic carbocycles. The van der Waals surface area contributed by atoms with Crippen LogP contribution in [0, 0.1) is 10.1 Å². The van der Waals surface area contributed by atoms with Gasteiger partial charge in [0.2, 0.25) is 0 Å². The molecule has 0 aliphatic carbocycles. The molecule has 1 heterocycles. The molecule has 5 nitrogen and oxygen atoms in total. The Balaban J connectivity index is 2.00. The zero-order valence-electron chi connectivity index (χ0n) is 9.65. The van der Waals surface area contributed by atoms with Crippen LogP contribution in [-0.4, -0.2) is 9.49 Å². The molecule has 0 atom stereocenters. The predicted octanol–water partition coefficient (Wildman–Crippen LogP) is 2.00. The van der Waals surface area contributed by atoms with Crippen molar-refractivity contribution < 1.29 is 4.92 Å². The predicted molar refractivity (Wildman–Crippen MR) is 67.5 cm³/mol. The van der Waals surface area contributed by atoms with Gasteiger partial charge in [0, 0.05) is 43.2 Å². The molecule has 0 fully saturated rings. The van der Waals surface area contributed by atoms with Gasteiger partial charge in [0.25, 0.3) is 5.69 Å². The van der Waals surface area contributed by atoms with Gasteiger partial charge >= 0.3 is 0 Å². The van der Waals surface area contributed by atoms with Crippen molar-refractivity contribution in [3.63, 3.8) is 0 Å². The Hall–Kier alpha value is -2.43. The average Bonchev–Trinajstić information content (AvgIpc) is 2.38. The first-order valence-corrected chi connectivity index (χ1v) is 5.54. The van der Waals surface area contributed by atoms with Gasteiger partial charge in [0.1, 0.15) is 0 Å². The third-order valence-electron chi connectivity index (χ3n) is 2.67. The summed E-state index contributed by atoms with van der Waals surface area (Å²) in [5.41, 5.74) is 1.11. The van der Waals surface area contributed by atoms with Crippen LogP contribution >= 0.6 is 0 Å². The molecule has 0 saturated heterocycles. The zero-order chi connectivity index (χ0) is 13.0. The van der Waals surface area contributed by atoms with E-state index in [0.717, 1.165) is 18.5 Å². The second-order valence-corrected chi connectivity index (χ2v) is 3.95. The van der Waals surface area contributed by atoms with E-state index < -0.39 is 4.92 Å². The number of pyridine rings is 1. The van der Waals surface area contributed by atoms with Crippen molar-refractivity contribution in [1.29, 1.82) is 0 Å². The Morgan fingerprint density at radius 1 is 1.06 bits per heavy atom. The van der Waals surface area contributed by atoms with Gasteiger partial charge in [-0.25, -0.2) is 0 Å². The van der Waals surface area contributed by atoms with E-state index in [4.69, 9.17) is 0 Å². The van der Waals surface area contributed by atoms with E-state index in [1.54, 1.807) is 24.5 Å². The van der Waals surface area contributed by atoms with Crippen molar-refractivity contribution in [2.45, 2.75) is 13.0 Å². The molecule has 0 N–H and O–H groups in total. The topological polar surface area (TPSA) is 65.1 Å². The summed E-state index contributed by atoms with van der Waals surface area (Å²) in [6.07, 6.45) is 4.22. The number of nitrogens with zero attached hydrogens (tertiary/aromatic N) is 2. The standard InChI is InChI=1S/C13H12N2O3/c16-13-6-9-14(10-7-13)8-5-11-1-3-12(4-2-11)15(17)18/h1-4,6-7,9-10H,5,8H2. The van der Waals surface area contributed by atoms with E-state index in [9.17, 15) is 14.9 Å². The summed E-state index contributed by atoms with van der Waals surface area (Å²) in [6.45, 7) is 0.734. The molecule has 0 spiro atoms. The molecule has 0 aliphatic heterocycles. The lowest BCUT2D eigenvalue weighted by Gasteiger charge is -2.05. The van der Waals surface area contributed by atoms with Gasteiger partial charge in [-0.15, -0.1) is 0 Å². The van der Waals surface area contributed by atoms with Gasteiger partial charge < -0.3 is 4.57 Å². The highest BCUT2D eigenvalue weighted by Crippen LogP contribution is 2.12. The summed E-state index contributed by atoms with van der Waals surface area (Å²) < 4.78 is 1.91. The van der Waals surface area contributed by atoms with E-state index in [0.29, 0.717) is 0 Å². The molecule has 1 aromatic heterocycles. The number of hydrogen-bond acceptors (Lipinski definition) is 3. The first-order valence-electron chi connectivity index (χ1n) is 5.54. The monoisotopic (exact) mass is 244 g/mol. The highest BCUT2D eigenvalue weighted by Gasteiger charge is 2.03. The van der Waals surface area contributed by atoms with Crippen LogP contribution in [0.5, 0.6) is 0 Å². The molecule has 0 radical (unpaired) electrons. The molecule has 2 rings (SSSR count). The Morgan fingerprint density at radius 3 is 2.22 bits per heavy atom. The summed E-state index contributed by atoms with van der Waals surface area (Å²) in [6, 6.07) is 9.52. The third kappa shape index (κ3) is 3.04. The maximum absolute atomic E-state index is 10.9. The van der Waals surface area contributed by atoms with Crippen LogP contribution in [0.1, 0.15) is 5.56 Å². The molecule has 92 valence electrons. The molecule has 0 amide bonds. The second-order valence-electron chi connectivity index (χ2n) is 3.95. The van der Waals surface area contributed by atoms with E-state index in [1.807, 2.05) is 4.57 Å². The Labute approximate surface area is 103 Å². The molecule has 0 bridgehead atoms. The summed E-state index contributed by atoms with van der Waals surface area (Å²) in [4.78, 5) is 21.0. The van der Waals surface area contributed by atoms with Crippen molar-refractivity contribution in [3.05, 3.63) is 74.7 Å². The van der Waals surface area contributed by atoms with Crippen molar-refractivity contribution >= 4 is 5.69 Å². The number of benzene rings is 1.